The molecule has 0 atom stereocenters. The van der Waals surface area contributed by atoms with Gasteiger partial charge in [0.05, 0.1) is 25.1 Å². The van der Waals surface area contributed by atoms with E-state index in [2.05, 4.69) is 9.97 Å². The maximum Gasteiger partial charge on any atom is 0.335 e. The first-order valence-electron chi connectivity index (χ1n) is 9.46. The lowest BCUT2D eigenvalue weighted by Crippen LogP contribution is -2.11. The number of nitrogens with one attached hydrogen (secondary N) is 1. The van der Waals surface area contributed by atoms with Crippen molar-refractivity contribution < 1.29 is 13.6 Å². The molecule has 7 nitrogen and oxygen atoms in total. The zero-order chi connectivity index (χ0) is 21.7. The third kappa shape index (κ3) is 4.94. The summed E-state index contributed by atoms with van der Waals surface area (Å²) in [5.41, 5.74) is 3.40. The van der Waals surface area contributed by atoms with Crippen LogP contribution in [0.25, 0.3) is 21.8 Å². The van der Waals surface area contributed by atoms with Gasteiger partial charge in [0.2, 0.25) is 0 Å². The Morgan fingerprint density at radius 3 is 2.63 bits per heavy atom. The lowest BCUT2D eigenvalue weighted by atomic mass is 10.1. The topological polar surface area (TPSA) is 105 Å². The predicted molar refractivity (Wildman–Crippen MR) is 118 cm³/mol. The number of thiazole rings is 1. The standard InChI is InChI=1S/C21H22N3O4PS/c1-4-27-29(26,28-5-2)12-15-7-6-8-16(9-15)21-24-19(13-30-21)18-10-17(11-22)20(25)23-14(18)3/h6-10,13H,4-5,12H2,1-3H3,(H,23,25). The number of hydrogen-bond donors (Lipinski definition) is 1. The van der Waals surface area contributed by atoms with Crippen molar-refractivity contribution in [1.29, 1.82) is 5.26 Å². The Hall–Kier alpha value is -2.56. The molecule has 0 saturated heterocycles. The van der Waals surface area contributed by atoms with Crippen LogP contribution in [0.5, 0.6) is 0 Å². The number of hydrogen-bond acceptors (Lipinski definition) is 7. The lowest BCUT2D eigenvalue weighted by Gasteiger charge is -2.17. The van der Waals surface area contributed by atoms with Gasteiger partial charge < -0.3 is 14.0 Å². The minimum atomic E-state index is -3.20. The van der Waals surface area contributed by atoms with Crippen LogP contribution in [0, 0.1) is 18.3 Å². The number of pyridine rings is 1. The van der Waals surface area contributed by atoms with Crippen molar-refractivity contribution in [3.63, 3.8) is 0 Å². The summed E-state index contributed by atoms with van der Waals surface area (Å²) >= 11 is 1.45. The molecule has 0 saturated carbocycles. The van der Waals surface area contributed by atoms with Crippen LogP contribution < -0.4 is 5.56 Å². The quantitative estimate of drug-likeness (QED) is 0.485. The highest BCUT2D eigenvalue weighted by Crippen LogP contribution is 2.51. The van der Waals surface area contributed by atoms with Crippen LogP contribution in [0.1, 0.15) is 30.7 Å². The molecule has 30 heavy (non-hydrogen) atoms. The SMILES string of the molecule is CCOP(=O)(Cc1cccc(-c2nc(-c3cc(C#N)c(=O)[nH]c3C)cs2)c1)OCC. The van der Waals surface area contributed by atoms with E-state index in [9.17, 15) is 9.36 Å². The largest absolute Gasteiger partial charge is 0.335 e. The van der Waals surface area contributed by atoms with Crippen molar-refractivity contribution >= 4 is 18.9 Å². The van der Waals surface area contributed by atoms with E-state index >= 15 is 0 Å². The lowest BCUT2D eigenvalue weighted by molar-refractivity contribution is 0.219. The number of aromatic nitrogens is 2. The monoisotopic (exact) mass is 443 g/mol. The smallest absolute Gasteiger partial charge is 0.325 e. The van der Waals surface area contributed by atoms with Crippen LogP contribution in [-0.4, -0.2) is 23.2 Å². The molecule has 0 radical (unpaired) electrons. The highest BCUT2D eigenvalue weighted by molar-refractivity contribution is 7.53. The number of aromatic amines is 1. The average molecular weight is 443 g/mol. The molecule has 0 unspecified atom stereocenters. The Labute approximate surface area is 178 Å². The van der Waals surface area contributed by atoms with Gasteiger partial charge in [0.15, 0.2) is 0 Å². The molecule has 0 bridgehead atoms. The third-order valence-corrected chi connectivity index (χ3v) is 7.29. The minimum absolute atomic E-state index is 0.0507. The van der Waals surface area contributed by atoms with Gasteiger partial charge in [0.25, 0.3) is 5.56 Å². The second-order valence-electron chi connectivity index (χ2n) is 6.51. The van der Waals surface area contributed by atoms with Crippen LogP contribution in [0.2, 0.25) is 0 Å². The zero-order valence-electron chi connectivity index (χ0n) is 17.0. The molecular formula is C21H22N3O4PS. The number of rotatable bonds is 8. The molecule has 3 aromatic rings. The van der Waals surface area contributed by atoms with Gasteiger partial charge in [-0.2, -0.15) is 5.26 Å². The van der Waals surface area contributed by atoms with Gasteiger partial charge in [0, 0.05) is 22.2 Å². The predicted octanol–water partition coefficient (Wildman–Crippen LogP) is 5.11. The van der Waals surface area contributed by atoms with Gasteiger partial charge in [-0.25, -0.2) is 4.98 Å². The fourth-order valence-corrected chi connectivity index (χ4v) is 5.56. The molecule has 1 N–H and O–H groups in total. The second kappa shape index (κ2) is 9.50. The van der Waals surface area contributed by atoms with E-state index in [4.69, 9.17) is 14.3 Å². The van der Waals surface area contributed by atoms with E-state index in [1.54, 1.807) is 26.8 Å². The summed E-state index contributed by atoms with van der Waals surface area (Å²) < 4.78 is 23.6. The molecule has 156 valence electrons. The number of benzene rings is 1. The molecule has 2 aromatic heterocycles. The van der Waals surface area contributed by atoms with Crippen molar-refractivity contribution in [2.75, 3.05) is 13.2 Å². The number of nitriles is 1. The van der Waals surface area contributed by atoms with E-state index in [0.717, 1.165) is 16.1 Å². The Morgan fingerprint density at radius 1 is 1.23 bits per heavy atom. The average Bonchev–Trinajstić information content (AvgIpc) is 3.18. The normalized spacial score (nSPS) is 11.4. The number of H-pyrrole nitrogens is 1. The highest BCUT2D eigenvalue weighted by atomic mass is 32.1. The minimum Gasteiger partial charge on any atom is -0.325 e. The first-order valence-corrected chi connectivity index (χ1v) is 12.1. The molecule has 2 heterocycles. The Balaban J connectivity index is 1.92. The van der Waals surface area contributed by atoms with Crippen molar-refractivity contribution in [2.45, 2.75) is 26.9 Å². The maximum atomic E-state index is 12.8. The third-order valence-electron chi connectivity index (χ3n) is 4.34. The van der Waals surface area contributed by atoms with Crippen molar-refractivity contribution in [3.8, 4) is 27.9 Å². The summed E-state index contributed by atoms with van der Waals surface area (Å²) in [6.45, 7) is 5.98. The summed E-state index contributed by atoms with van der Waals surface area (Å²) in [6, 6.07) is 11.1. The highest BCUT2D eigenvalue weighted by Gasteiger charge is 2.24. The summed E-state index contributed by atoms with van der Waals surface area (Å²) in [4.78, 5) is 19.2. The molecule has 0 aliphatic heterocycles. The molecule has 1 aromatic carbocycles. The number of aryl methyl sites for hydroxylation is 1. The summed E-state index contributed by atoms with van der Waals surface area (Å²) in [7, 11) is -3.20. The molecule has 3 rings (SSSR count). The van der Waals surface area contributed by atoms with Crippen LogP contribution >= 0.6 is 18.9 Å². The fraction of sp³-hybridized carbons (Fsp3) is 0.286. The Bertz CT molecular complexity index is 1190. The Morgan fingerprint density at radius 2 is 1.97 bits per heavy atom. The second-order valence-corrected chi connectivity index (χ2v) is 9.42. The van der Waals surface area contributed by atoms with Crippen LogP contribution in [0.3, 0.4) is 0 Å². The van der Waals surface area contributed by atoms with Gasteiger partial charge in [-0.15, -0.1) is 11.3 Å². The summed E-state index contributed by atoms with van der Waals surface area (Å²) in [5.74, 6) is 0. The van der Waals surface area contributed by atoms with E-state index in [-0.39, 0.29) is 11.7 Å². The first kappa shape index (κ1) is 22.1. The number of nitrogens with zero attached hydrogens (tertiary/aromatic N) is 2. The first-order chi connectivity index (χ1) is 14.4. The maximum absolute atomic E-state index is 12.8. The van der Waals surface area contributed by atoms with Crippen molar-refractivity contribution in [1.82, 2.24) is 9.97 Å². The van der Waals surface area contributed by atoms with Crippen LogP contribution in [-0.2, 0) is 19.8 Å². The molecule has 0 spiro atoms. The summed E-state index contributed by atoms with van der Waals surface area (Å²) in [6.07, 6.45) is 0.186. The van der Waals surface area contributed by atoms with E-state index < -0.39 is 13.2 Å². The molecular weight excluding hydrogens is 421 g/mol. The van der Waals surface area contributed by atoms with E-state index in [1.807, 2.05) is 35.7 Å². The van der Waals surface area contributed by atoms with Gasteiger partial charge in [0.1, 0.15) is 16.6 Å². The van der Waals surface area contributed by atoms with Crippen molar-refractivity contribution in [3.05, 3.63) is 62.9 Å². The van der Waals surface area contributed by atoms with Gasteiger partial charge in [-0.3, -0.25) is 9.36 Å². The molecule has 0 aliphatic carbocycles. The van der Waals surface area contributed by atoms with E-state index in [0.29, 0.717) is 30.2 Å². The van der Waals surface area contributed by atoms with Crippen LogP contribution in [0.4, 0.5) is 0 Å². The van der Waals surface area contributed by atoms with Gasteiger partial charge in [-0.1, -0.05) is 18.2 Å². The van der Waals surface area contributed by atoms with Gasteiger partial charge in [-0.05, 0) is 38.5 Å². The van der Waals surface area contributed by atoms with Crippen molar-refractivity contribution in [2.24, 2.45) is 0 Å². The molecule has 0 fully saturated rings. The Kier molecular flexibility index (Phi) is 7.01. The zero-order valence-corrected chi connectivity index (χ0v) is 18.7. The van der Waals surface area contributed by atoms with Crippen LogP contribution in [0.15, 0.2) is 40.5 Å². The van der Waals surface area contributed by atoms with E-state index in [1.165, 1.54) is 11.3 Å². The van der Waals surface area contributed by atoms with Gasteiger partial charge >= 0.3 is 7.60 Å². The fourth-order valence-electron chi connectivity index (χ4n) is 3.05. The molecule has 0 amide bonds. The molecule has 9 heteroatoms. The summed E-state index contributed by atoms with van der Waals surface area (Å²) in [5, 5.41) is 11.8. The molecule has 0 aliphatic rings.